The molecule has 0 radical (unpaired) electrons. The second kappa shape index (κ2) is 5.65. The number of hydrogen-bond donors (Lipinski definition) is 1. The molecule has 3 aliphatic rings. The number of nitrogens with one attached hydrogen (secondary N) is 1. The standard InChI is InChI=1S/C16H18N2OS2/c19-9-12-10-21-16(14-2-1-7-20-14)15(12)13-8-17-18-5-3-11(13)4-6-18/h1-2,7,9-11,13,17H,3-6,8H2. The smallest absolute Gasteiger partial charge is 0.151 e. The Morgan fingerprint density at radius 2 is 2.14 bits per heavy atom. The van der Waals surface area contributed by atoms with Gasteiger partial charge in [-0.15, -0.1) is 22.7 Å². The lowest BCUT2D eigenvalue weighted by Crippen LogP contribution is -2.39. The zero-order valence-corrected chi connectivity index (χ0v) is 13.4. The van der Waals surface area contributed by atoms with Crippen molar-refractivity contribution in [2.75, 3.05) is 19.6 Å². The predicted octanol–water partition coefficient (Wildman–Crippen LogP) is 3.60. The van der Waals surface area contributed by atoms with E-state index in [0.29, 0.717) is 11.8 Å². The highest BCUT2D eigenvalue weighted by Crippen LogP contribution is 2.44. The number of aldehydes is 1. The Morgan fingerprint density at radius 3 is 2.86 bits per heavy atom. The van der Waals surface area contributed by atoms with E-state index in [-0.39, 0.29) is 0 Å². The highest BCUT2D eigenvalue weighted by Gasteiger charge is 2.35. The van der Waals surface area contributed by atoms with Crippen LogP contribution >= 0.6 is 22.7 Å². The second-order valence-electron chi connectivity index (χ2n) is 5.82. The first-order valence-corrected chi connectivity index (χ1v) is 9.21. The molecule has 1 N–H and O–H groups in total. The van der Waals surface area contributed by atoms with Gasteiger partial charge in [-0.25, -0.2) is 5.01 Å². The van der Waals surface area contributed by atoms with Crippen LogP contribution in [-0.4, -0.2) is 30.9 Å². The largest absolute Gasteiger partial charge is 0.298 e. The molecule has 2 aromatic heterocycles. The molecule has 5 heterocycles. The first-order valence-electron chi connectivity index (χ1n) is 7.45. The molecule has 2 aromatic rings. The molecule has 0 saturated carbocycles. The molecule has 110 valence electrons. The van der Waals surface area contributed by atoms with Crippen molar-refractivity contribution >= 4 is 29.0 Å². The number of carbonyl (C=O) groups excluding carboxylic acids is 1. The predicted molar refractivity (Wildman–Crippen MR) is 88.1 cm³/mol. The molecule has 1 atom stereocenters. The SMILES string of the molecule is O=Cc1csc(-c2cccs2)c1C1CNN2CCC1CC2. The van der Waals surface area contributed by atoms with Gasteiger partial charge in [0, 0.05) is 46.2 Å². The zero-order valence-electron chi connectivity index (χ0n) is 11.7. The summed E-state index contributed by atoms with van der Waals surface area (Å²) in [6.07, 6.45) is 3.51. The maximum Gasteiger partial charge on any atom is 0.151 e. The summed E-state index contributed by atoms with van der Waals surface area (Å²) in [6.45, 7) is 3.23. The van der Waals surface area contributed by atoms with Gasteiger partial charge in [0.25, 0.3) is 0 Å². The lowest BCUT2D eigenvalue weighted by molar-refractivity contribution is 0.112. The number of rotatable bonds is 3. The van der Waals surface area contributed by atoms with Crippen LogP contribution in [0.5, 0.6) is 0 Å². The Balaban J connectivity index is 1.79. The summed E-state index contributed by atoms with van der Waals surface area (Å²) in [6, 6.07) is 4.26. The Labute approximate surface area is 132 Å². The number of piperidine rings is 1. The van der Waals surface area contributed by atoms with Crippen molar-refractivity contribution in [3.05, 3.63) is 34.0 Å². The summed E-state index contributed by atoms with van der Waals surface area (Å²) in [5.74, 6) is 1.16. The van der Waals surface area contributed by atoms with Gasteiger partial charge in [0.05, 0.1) is 0 Å². The number of carbonyl (C=O) groups is 1. The van der Waals surface area contributed by atoms with Gasteiger partial charge in [-0.2, -0.15) is 0 Å². The van der Waals surface area contributed by atoms with Crippen molar-refractivity contribution in [2.45, 2.75) is 18.8 Å². The molecule has 3 aliphatic heterocycles. The van der Waals surface area contributed by atoms with E-state index < -0.39 is 0 Å². The minimum Gasteiger partial charge on any atom is -0.298 e. The summed E-state index contributed by atoms with van der Waals surface area (Å²) >= 11 is 3.49. The van der Waals surface area contributed by atoms with Crippen LogP contribution in [0.1, 0.15) is 34.7 Å². The van der Waals surface area contributed by atoms with E-state index in [2.05, 4.69) is 27.9 Å². The van der Waals surface area contributed by atoms with Gasteiger partial charge in [0.2, 0.25) is 0 Å². The minimum absolute atomic E-state index is 0.459. The van der Waals surface area contributed by atoms with Crippen molar-refractivity contribution in [3.63, 3.8) is 0 Å². The molecule has 3 fully saturated rings. The maximum atomic E-state index is 11.5. The van der Waals surface area contributed by atoms with Gasteiger partial charge >= 0.3 is 0 Å². The molecule has 1 unspecified atom stereocenters. The van der Waals surface area contributed by atoms with Crippen LogP contribution < -0.4 is 5.43 Å². The summed E-state index contributed by atoms with van der Waals surface area (Å²) < 4.78 is 0. The molecule has 3 nitrogen and oxygen atoms in total. The van der Waals surface area contributed by atoms with Crippen LogP contribution in [-0.2, 0) is 0 Å². The van der Waals surface area contributed by atoms with Crippen molar-refractivity contribution in [1.82, 2.24) is 10.4 Å². The lowest BCUT2D eigenvalue weighted by atomic mass is 9.80. The molecule has 5 heteroatoms. The average molecular weight is 318 g/mol. The Morgan fingerprint density at radius 1 is 1.29 bits per heavy atom. The Hall–Kier alpha value is -1.01. The van der Waals surface area contributed by atoms with Gasteiger partial charge in [-0.3, -0.25) is 10.2 Å². The Kier molecular flexibility index (Phi) is 3.67. The van der Waals surface area contributed by atoms with Crippen LogP contribution in [0, 0.1) is 5.92 Å². The topological polar surface area (TPSA) is 32.3 Å². The molecule has 21 heavy (non-hydrogen) atoms. The van der Waals surface area contributed by atoms with Gasteiger partial charge in [-0.1, -0.05) is 6.07 Å². The van der Waals surface area contributed by atoms with Gasteiger partial charge in [0.15, 0.2) is 6.29 Å². The molecule has 3 saturated heterocycles. The van der Waals surface area contributed by atoms with Crippen LogP contribution in [0.15, 0.2) is 22.9 Å². The van der Waals surface area contributed by atoms with Gasteiger partial charge in [0.1, 0.15) is 0 Å². The molecule has 0 spiro atoms. The summed E-state index contributed by atoms with van der Waals surface area (Å²) in [5, 5.41) is 6.49. The quantitative estimate of drug-likeness (QED) is 0.878. The van der Waals surface area contributed by atoms with Crippen LogP contribution in [0.3, 0.4) is 0 Å². The molecule has 0 amide bonds. The third-order valence-electron chi connectivity index (χ3n) is 4.75. The molecule has 5 rings (SSSR count). The summed E-state index contributed by atoms with van der Waals surface area (Å²) in [4.78, 5) is 14.1. The van der Waals surface area contributed by atoms with Crippen LogP contribution in [0.2, 0.25) is 0 Å². The highest BCUT2D eigenvalue weighted by molar-refractivity contribution is 7.20. The Bertz CT molecular complexity index is 627. The number of nitrogens with zero attached hydrogens (tertiary/aromatic N) is 1. The van der Waals surface area contributed by atoms with Crippen molar-refractivity contribution in [3.8, 4) is 9.75 Å². The van der Waals surface area contributed by atoms with Gasteiger partial charge < -0.3 is 0 Å². The third-order valence-corrected chi connectivity index (χ3v) is 6.81. The number of fused-ring (bicyclic) bond motifs is 4. The molecular weight excluding hydrogens is 300 g/mol. The molecule has 0 aromatic carbocycles. The number of hydrazine groups is 1. The van der Waals surface area contributed by atoms with Crippen LogP contribution in [0.4, 0.5) is 0 Å². The van der Waals surface area contributed by atoms with E-state index in [9.17, 15) is 4.79 Å². The molecule has 0 aliphatic carbocycles. The normalized spacial score (nSPS) is 28.5. The fourth-order valence-electron chi connectivity index (χ4n) is 3.64. The van der Waals surface area contributed by atoms with Crippen molar-refractivity contribution < 1.29 is 4.79 Å². The average Bonchev–Trinajstić information content (AvgIpc) is 3.10. The first kappa shape index (κ1) is 13.6. The zero-order chi connectivity index (χ0) is 14.2. The van der Waals surface area contributed by atoms with E-state index in [1.807, 2.05) is 5.38 Å². The fourth-order valence-corrected chi connectivity index (χ4v) is 5.62. The lowest BCUT2D eigenvalue weighted by Gasteiger charge is -2.28. The molecular formula is C16H18N2OS2. The number of thiophene rings is 2. The van der Waals surface area contributed by atoms with Crippen molar-refractivity contribution in [1.29, 1.82) is 0 Å². The van der Waals surface area contributed by atoms with Gasteiger partial charge in [-0.05, 0) is 35.8 Å². The minimum atomic E-state index is 0.459. The van der Waals surface area contributed by atoms with Crippen LogP contribution in [0.25, 0.3) is 9.75 Å². The third kappa shape index (κ3) is 2.38. The summed E-state index contributed by atoms with van der Waals surface area (Å²) in [7, 11) is 0. The fraction of sp³-hybridized carbons (Fsp3) is 0.438. The molecule has 2 bridgehead atoms. The first-order chi connectivity index (χ1) is 10.4. The monoisotopic (exact) mass is 318 g/mol. The van der Waals surface area contributed by atoms with E-state index in [1.54, 1.807) is 22.7 Å². The van der Waals surface area contributed by atoms with E-state index in [0.717, 1.165) is 31.5 Å². The van der Waals surface area contributed by atoms with E-state index in [4.69, 9.17) is 0 Å². The van der Waals surface area contributed by atoms with E-state index in [1.165, 1.54) is 28.2 Å². The second-order valence-corrected chi connectivity index (χ2v) is 7.65. The highest BCUT2D eigenvalue weighted by atomic mass is 32.1. The number of hydrogen-bond acceptors (Lipinski definition) is 5. The maximum absolute atomic E-state index is 11.5. The summed E-state index contributed by atoms with van der Waals surface area (Å²) in [5.41, 5.74) is 5.75. The van der Waals surface area contributed by atoms with E-state index >= 15 is 0 Å². The van der Waals surface area contributed by atoms with Crippen molar-refractivity contribution in [2.24, 2.45) is 5.92 Å².